The van der Waals surface area contributed by atoms with Gasteiger partial charge in [-0.15, -0.1) is 0 Å². The Labute approximate surface area is 171 Å². The summed E-state index contributed by atoms with van der Waals surface area (Å²) in [6.07, 6.45) is 3.40. The van der Waals surface area contributed by atoms with Crippen molar-refractivity contribution in [2.45, 2.75) is 25.7 Å². The van der Waals surface area contributed by atoms with Crippen LogP contribution in [0.2, 0.25) is 0 Å². The van der Waals surface area contributed by atoms with Gasteiger partial charge in [-0.3, -0.25) is 9.59 Å². The first kappa shape index (κ1) is 20.8. The largest absolute Gasteiger partial charge is 0.497 e. The maximum absolute atomic E-state index is 12.9. The third-order valence-corrected chi connectivity index (χ3v) is 5.35. The van der Waals surface area contributed by atoms with Crippen LogP contribution in [0.3, 0.4) is 0 Å². The van der Waals surface area contributed by atoms with Gasteiger partial charge in [0.25, 0.3) is 5.91 Å². The summed E-state index contributed by atoms with van der Waals surface area (Å²) in [5.41, 5.74) is 0.888. The van der Waals surface area contributed by atoms with E-state index in [0.717, 1.165) is 18.4 Å². The Morgan fingerprint density at radius 2 is 2.03 bits per heavy atom. The molecule has 2 atom stereocenters. The van der Waals surface area contributed by atoms with Crippen LogP contribution < -0.4 is 14.8 Å². The van der Waals surface area contributed by atoms with Gasteiger partial charge in [-0.1, -0.05) is 19.4 Å². The highest BCUT2D eigenvalue weighted by Gasteiger charge is 2.42. The van der Waals surface area contributed by atoms with E-state index in [1.165, 1.54) is 6.26 Å². The number of methoxy groups -OCH3 is 2. The number of amides is 2. The molecule has 1 aliphatic rings. The quantitative estimate of drug-likeness (QED) is 0.689. The molecule has 29 heavy (non-hydrogen) atoms. The zero-order valence-electron chi connectivity index (χ0n) is 17.1. The zero-order chi connectivity index (χ0) is 20.8. The molecule has 7 nitrogen and oxygen atoms in total. The fraction of sp³-hybridized carbons (Fsp3) is 0.455. The van der Waals surface area contributed by atoms with Crippen molar-refractivity contribution in [2.24, 2.45) is 5.92 Å². The number of furan rings is 1. The Morgan fingerprint density at radius 1 is 1.21 bits per heavy atom. The van der Waals surface area contributed by atoms with Gasteiger partial charge in [-0.2, -0.15) is 0 Å². The van der Waals surface area contributed by atoms with E-state index in [4.69, 9.17) is 13.9 Å². The van der Waals surface area contributed by atoms with E-state index in [1.807, 2.05) is 12.1 Å². The number of nitrogens with zero attached hydrogens (tertiary/aromatic N) is 1. The minimum Gasteiger partial charge on any atom is -0.497 e. The Bertz CT molecular complexity index is 834. The lowest BCUT2D eigenvalue weighted by Gasteiger charge is -2.21. The van der Waals surface area contributed by atoms with Crippen LogP contribution in [0.15, 0.2) is 41.0 Å². The first-order valence-electron chi connectivity index (χ1n) is 9.91. The maximum atomic E-state index is 12.9. The summed E-state index contributed by atoms with van der Waals surface area (Å²) in [7, 11) is 3.19. The van der Waals surface area contributed by atoms with E-state index in [-0.39, 0.29) is 29.4 Å². The average Bonchev–Trinajstić information content (AvgIpc) is 3.43. The van der Waals surface area contributed by atoms with Crippen LogP contribution in [-0.4, -0.2) is 50.6 Å². The van der Waals surface area contributed by atoms with E-state index in [1.54, 1.807) is 37.3 Å². The molecular weight excluding hydrogens is 372 g/mol. The lowest BCUT2D eigenvalue weighted by molar-refractivity contribution is -0.124. The summed E-state index contributed by atoms with van der Waals surface area (Å²) in [5, 5.41) is 3.01. The van der Waals surface area contributed by atoms with Gasteiger partial charge in [-0.05, 0) is 24.6 Å². The third-order valence-electron chi connectivity index (χ3n) is 5.35. The first-order chi connectivity index (χ1) is 14.1. The van der Waals surface area contributed by atoms with Crippen molar-refractivity contribution in [3.05, 3.63) is 47.9 Å². The maximum Gasteiger partial charge on any atom is 0.289 e. The highest BCUT2D eigenvalue weighted by atomic mass is 16.5. The molecule has 1 saturated heterocycles. The minimum atomic E-state index is -0.368. The summed E-state index contributed by atoms with van der Waals surface area (Å²) in [6, 6.07) is 8.89. The molecule has 0 bridgehead atoms. The molecule has 1 N–H and O–H groups in total. The molecule has 0 spiro atoms. The monoisotopic (exact) mass is 400 g/mol. The Morgan fingerprint density at radius 3 is 2.69 bits per heavy atom. The lowest BCUT2D eigenvalue weighted by Crippen LogP contribution is -2.36. The Balaban J connectivity index is 1.88. The molecule has 2 aromatic rings. The smallest absolute Gasteiger partial charge is 0.289 e. The van der Waals surface area contributed by atoms with Crippen molar-refractivity contribution in [1.82, 2.24) is 10.2 Å². The van der Waals surface area contributed by atoms with E-state index in [2.05, 4.69) is 12.2 Å². The van der Waals surface area contributed by atoms with E-state index < -0.39 is 0 Å². The topological polar surface area (TPSA) is 81.0 Å². The summed E-state index contributed by atoms with van der Waals surface area (Å²) in [6.45, 7) is 3.45. The predicted octanol–water partition coefficient (Wildman–Crippen LogP) is 3.07. The number of likely N-dealkylation sites (tertiary alicyclic amines) is 1. The molecule has 0 radical (unpaired) electrons. The van der Waals surface area contributed by atoms with Crippen molar-refractivity contribution in [3.63, 3.8) is 0 Å². The molecule has 1 fully saturated rings. The van der Waals surface area contributed by atoms with Gasteiger partial charge < -0.3 is 24.1 Å². The molecule has 156 valence electrons. The highest BCUT2D eigenvalue weighted by Crippen LogP contribution is 2.39. The minimum absolute atomic E-state index is 0.0453. The predicted molar refractivity (Wildman–Crippen MR) is 108 cm³/mol. The average molecular weight is 400 g/mol. The van der Waals surface area contributed by atoms with Crippen molar-refractivity contribution >= 4 is 11.8 Å². The molecule has 1 aliphatic heterocycles. The molecular formula is C22H28N2O5. The standard InChI is InChI=1S/C22H28N2O5/c1-4-5-10-23-21(25)18-14-24(22(26)19-7-6-11-29-19)13-17(18)16-9-8-15(27-2)12-20(16)28-3/h6-9,11-12,17-18H,4-5,10,13-14H2,1-3H3,(H,23,25)/t17-,18-/m1/s1. The van der Waals surface area contributed by atoms with Gasteiger partial charge in [0.05, 0.1) is 26.4 Å². The van der Waals surface area contributed by atoms with Gasteiger partial charge in [0, 0.05) is 37.2 Å². The van der Waals surface area contributed by atoms with Crippen LogP contribution in [0.4, 0.5) is 0 Å². The Hall–Kier alpha value is -2.96. The SMILES string of the molecule is CCCCNC(=O)[C@@H]1CN(C(=O)c2ccco2)C[C@@H]1c1ccc(OC)cc1OC. The summed E-state index contributed by atoms with van der Waals surface area (Å²) >= 11 is 0. The Kier molecular flexibility index (Phi) is 6.80. The zero-order valence-corrected chi connectivity index (χ0v) is 17.1. The van der Waals surface area contributed by atoms with Crippen LogP contribution >= 0.6 is 0 Å². The normalized spacial score (nSPS) is 18.5. The number of carbonyl (C=O) groups excluding carboxylic acids is 2. The fourth-order valence-corrected chi connectivity index (χ4v) is 3.75. The third kappa shape index (κ3) is 4.55. The molecule has 1 aromatic carbocycles. The second-order valence-electron chi connectivity index (χ2n) is 7.15. The van der Waals surface area contributed by atoms with Gasteiger partial charge in [0.15, 0.2) is 5.76 Å². The van der Waals surface area contributed by atoms with E-state index in [0.29, 0.717) is 31.1 Å². The molecule has 2 heterocycles. The van der Waals surface area contributed by atoms with Crippen molar-refractivity contribution in [1.29, 1.82) is 0 Å². The number of ether oxygens (including phenoxy) is 2. The second-order valence-corrected chi connectivity index (χ2v) is 7.15. The molecule has 2 amide bonds. The highest BCUT2D eigenvalue weighted by molar-refractivity contribution is 5.92. The molecule has 0 unspecified atom stereocenters. The van der Waals surface area contributed by atoms with E-state index in [9.17, 15) is 9.59 Å². The lowest BCUT2D eigenvalue weighted by atomic mass is 9.87. The van der Waals surface area contributed by atoms with Crippen molar-refractivity contribution < 1.29 is 23.5 Å². The summed E-state index contributed by atoms with van der Waals surface area (Å²) in [4.78, 5) is 27.4. The number of hydrogen-bond acceptors (Lipinski definition) is 5. The second kappa shape index (κ2) is 9.49. The first-order valence-corrected chi connectivity index (χ1v) is 9.91. The number of nitrogens with one attached hydrogen (secondary N) is 1. The van der Waals surface area contributed by atoms with Crippen LogP contribution in [0.25, 0.3) is 0 Å². The molecule has 1 aromatic heterocycles. The molecule has 7 heteroatoms. The van der Waals surface area contributed by atoms with Crippen LogP contribution in [0, 0.1) is 5.92 Å². The van der Waals surface area contributed by atoms with E-state index >= 15 is 0 Å². The van der Waals surface area contributed by atoms with Crippen LogP contribution in [0.5, 0.6) is 11.5 Å². The van der Waals surface area contributed by atoms with Crippen molar-refractivity contribution in [3.8, 4) is 11.5 Å². The fourth-order valence-electron chi connectivity index (χ4n) is 3.75. The van der Waals surface area contributed by atoms with Gasteiger partial charge in [0.1, 0.15) is 11.5 Å². The number of benzene rings is 1. The van der Waals surface area contributed by atoms with Crippen LogP contribution in [-0.2, 0) is 4.79 Å². The summed E-state index contributed by atoms with van der Waals surface area (Å²) < 4.78 is 16.1. The van der Waals surface area contributed by atoms with Gasteiger partial charge >= 0.3 is 0 Å². The molecule has 3 rings (SSSR count). The number of unbranched alkanes of at least 4 members (excludes halogenated alkanes) is 1. The molecule has 0 saturated carbocycles. The van der Waals surface area contributed by atoms with Gasteiger partial charge in [0.2, 0.25) is 5.91 Å². The van der Waals surface area contributed by atoms with Gasteiger partial charge in [-0.25, -0.2) is 0 Å². The molecule has 0 aliphatic carbocycles. The van der Waals surface area contributed by atoms with Crippen LogP contribution in [0.1, 0.15) is 41.8 Å². The van der Waals surface area contributed by atoms with Crippen molar-refractivity contribution in [2.75, 3.05) is 33.9 Å². The summed E-state index contributed by atoms with van der Waals surface area (Å²) in [5.74, 6) is 0.790. The number of rotatable bonds is 8. The number of carbonyl (C=O) groups is 2. The number of hydrogen-bond donors (Lipinski definition) is 1.